The molecule has 7 nitrogen and oxygen atoms in total. The number of esters is 1. The largest absolute Gasteiger partial charge is 0.480 e. The van der Waals surface area contributed by atoms with Crippen LogP contribution in [0.15, 0.2) is 109 Å². The number of ether oxygens (including phenoxy) is 1. The molecule has 0 spiro atoms. The first kappa shape index (κ1) is 56.0. The molecule has 0 aromatic carbocycles. The van der Waals surface area contributed by atoms with E-state index in [-0.39, 0.29) is 24.4 Å². The zero-order valence-electron chi connectivity index (χ0n) is 38.0. The van der Waals surface area contributed by atoms with Gasteiger partial charge in [0.1, 0.15) is 12.1 Å². The van der Waals surface area contributed by atoms with Crippen LogP contribution in [0.25, 0.3) is 0 Å². The van der Waals surface area contributed by atoms with E-state index in [1.807, 2.05) is 12.2 Å². The van der Waals surface area contributed by atoms with Crippen LogP contribution >= 0.6 is 0 Å². The van der Waals surface area contributed by atoms with Gasteiger partial charge in [-0.2, -0.15) is 0 Å². The minimum atomic E-state index is -1.04. The number of carbonyl (C=O) groups is 3. The van der Waals surface area contributed by atoms with Gasteiger partial charge in [-0.25, -0.2) is 4.79 Å². The van der Waals surface area contributed by atoms with Crippen LogP contribution in [0.4, 0.5) is 0 Å². The number of nitrogens with two attached hydrogens (primary N) is 1. The van der Waals surface area contributed by atoms with E-state index in [0.29, 0.717) is 45.1 Å². The summed E-state index contributed by atoms with van der Waals surface area (Å²) in [5.41, 5.74) is 5.51. The predicted molar refractivity (Wildman–Crippen MR) is 257 cm³/mol. The highest BCUT2D eigenvalue weighted by Crippen LogP contribution is 2.15. The Bertz CT molecular complexity index is 1300. The van der Waals surface area contributed by atoms with E-state index in [1.165, 1.54) is 51.4 Å². The summed E-state index contributed by atoms with van der Waals surface area (Å²) in [7, 11) is 0. The van der Waals surface area contributed by atoms with Crippen molar-refractivity contribution in [3.8, 4) is 0 Å². The lowest BCUT2D eigenvalue weighted by atomic mass is 10.0. The minimum Gasteiger partial charge on any atom is -0.480 e. The molecule has 2 unspecified atom stereocenters. The maximum atomic E-state index is 12.8. The van der Waals surface area contributed by atoms with Crippen molar-refractivity contribution < 1.29 is 24.2 Å². The second-order valence-electron chi connectivity index (χ2n) is 15.4. The SMILES string of the molecule is CC/C=C\C/C=C\C/C=C\C/C=C\C/C=C\C(CCCCC(=O)NC(CCCN)C(=O)O)OC(=O)CCCCCCCCCCCC/C=C\C/C=C\C/C=C\C/C=C\CC. The molecule has 0 heterocycles. The summed E-state index contributed by atoms with van der Waals surface area (Å²) in [5, 5.41) is 12.0. The lowest BCUT2D eigenvalue weighted by Crippen LogP contribution is -2.40. The van der Waals surface area contributed by atoms with Gasteiger partial charge in [0.25, 0.3) is 0 Å². The number of amides is 1. The van der Waals surface area contributed by atoms with Crippen molar-refractivity contribution >= 4 is 17.8 Å². The smallest absolute Gasteiger partial charge is 0.326 e. The molecule has 0 saturated heterocycles. The summed E-state index contributed by atoms with van der Waals surface area (Å²) in [6, 6.07) is -0.918. The van der Waals surface area contributed by atoms with Crippen molar-refractivity contribution in [2.75, 3.05) is 6.54 Å². The molecule has 0 rings (SSSR count). The molecule has 0 saturated carbocycles. The van der Waals surface area contributed by atoms with Crippen LogP contribution in [-0.2, 0) is 19.1 Å². The Morgan fingerprint density at radius 2 is 0.917 bits per heavy atom. The number of aliphatic carboxylic acids is 1. The Morgan fingerprint density at radius 1 is 0.500 bits per heavy atom. The molecular weight excluding hydrogens is 745 g/mol. The fourth-order valence-corrected chi connectivity index (χ4v) is 6.33. The first-order valence-electron chi connectivity index (χ1n) is 23.7. The van der Waals surface area contributed by atoms with Gasteiger partial charge in [0.15, 0.2) is 0 Å². The Labute approximate surface area is 367 Å². The Balaban J connectivity index is 4.39. The van der Waals surface area contributed by atoms with Crippen LogP contribution < -0.4 is 11.1 Å². The van der Waals surface area contributed by atoms with Gasteiger partial charge in [-0.05, 0) is 122 Å². The fourth-order valence-electron chi connectivity index (χ4n) is 6.33. The molecule has 1 amide bonds. The zero-order chi connectivity index (χ0) is 43.8. The van der Waals surface area contributed by atoms with Gasteiger partial charge in [0, 0.05) is 12.8 Å². The predicted octanol–water partition coefficient (Wildman–Crippen LogP) is 14.0. The summed E-state index contributed by atoms with van der Waals surface area (Å²) in [6.45, 7) is 4.68. The highest BCUT2D eigenvalue weighted by atomic mass is 16.5. The monoisotopic (exact) mass is 831 g/mol. The number of unbranched alkanes of at least 4 members (excludes halogenated alkanes) is 11. The molecule has 0 bridgehead atoms. The van der Waals surface area contributed by atoms with Crippen LogP contribution in [0.5, 0.6) is 0 Å². The molecule has 0 fully saturated rings. The van der Waals surface area contributed by atoms with Crippen molar-refractivity contribution in [3.05, 3.63) is 109 Å². The average molecular weight is 831 g/mol. The van der Waals surface area contributed by atoms with Gasteiger partial charge in [0.05, 0.1) is 0 Å². The van der Waals surface area contributed by atoms with Crippen LogP contribution in [0.1, 0.15) is 187 Å². The van der Waals surface area contributed by atoms with E-state index >= 15 is 0 Å². The van der Waals surface area contributed by atoms with Crippen LogP contribution in [0, 0.1) is 0 Å². The molecule has 0 aliphatic heterocycles. The Hall–Kier alpha value is -3.97. The molecule has 0 aliphatic carbocycles. The van der Waals surface area contributed by atoms with Gasteiger partial charge in [-0.3, -0.25) is 9.59 Å². The summed E-state index contributed by atoms with van der Waals surface area (Å²) >= 11 is 0. The van der Waals surface area contributed by atoms with E-state index in [2.05, 4.69) is 116 Å². The first-order chi connectivity index (χ1) is 29.4. The molecule has 0 radical (unpaired) electrons. The van der Waals surface area contributed by atoms with E-state index in [1.54, 1.807) is 0 Å². The molecule has 2 atom stereocenters. The number of rotatable bonds is 41. The van der Waals surface area contributed by atoms with Crippen molar-refractivity contribution in [3.63, 3.8) is 0 Å². The number of allylic oxidation sites excluding steroid dienone is 17. The quantitative estimate of drug-likeness (QED) is 0.0321. The topological polar surface area (TPSA) is 119 Å². The fraction of sp³-hybridized carbons (Fsp3) is 0.604. The minimum absolute atomic E-state index is 0.173. The number of hydrogen-bond acceptors (Lipinski definition) is 5. The summed E-state index contributed by atoms with van der Waals surface area (Å²) in [5.74, 6) is -1.50. The molecule has 7 heteroatoms. The Kier molecular flexibility index (Phi) is 43.1. The number of carboxylic acid groups (broad SMARTS) is 1. The molecule has 0 aromatic heterocycles. The number of nitrogens with one attached hydrogen (secondary N) is 1. The van der Waals surface area contributed by atoms with Crippen molar-refractivity contribution in [1.82, 2.24) is 5.32 Å². The van der Waals surface area contributed by atoms with Gasteiger partial charge in [-0.1, -0.05) is 169 Å². The van der Waals surface area contributed by atoms with Gasteiger partial charge in [-0.15, -0.1) is 0 Å². The zero-order valence-corrected chi connectivity index (χ0v) is 38.0. The van der Waals surface area contributed by atoms with Gasteiger partial charge in [0.2, 0.25) is 5.91 Å². The maximum Gasteiger partial charge on any atom is 0.326 e. The highest BCUT2D eigenvalue weighted by Gasteiger charge is 2.19. The number of carbonyl (C=O) groups excluding carboxylic acids is 2. The molecular formula is C53H86N2O5. The van der Waals surface area contributed by atoms with Crippen molar-refractivity contribution in [2.24, 2.45) is 5.73 Å². The van der Waals surface area contributed by atoms with E-state index in [0.717, 1.165) is 77.0 Å². The lowest BCUT2D eigenvalue weighted by Gasteiger charge is -2.16. The average Bonchev–Trinajstić information content (AvgIpc) is 3.23. The summed E-state index contributed by atoms with van der Waals surface area (Å²) in [4.78, 5) is 36.7. The third-order valence-electron chi connectivity index (χ3n) is 9.82. The third-order valence-corrected chi connectivity index (χ3v) is 9.82. The van der Waals surface area contributed by atoms with E-state index in [4.69, 9.17) is 10.5 Å². The standard InChI is InChI=1S/C53H86N2O5/c1-3-5-7-9-11-13-15-17-19-20-21-22-23-24-25-26-27-29-31-33-35-37-39-47-52(57)60-49(44-40-41-46-51(56)55-50(53(58)59)45-42-48-54)43-38-36-34-32-30-28-18-16-14-12-10-8-6-4-2/h5-8,11-14,17-19,21-22,28,32,34,38,43,49-50H,3-4,9-10,15-16,20,23-27,29-31,33,35-37,39-42,44-48,54H2,1-2H3,(H,55,56)(H,58,59)/b7-5-,8-6-,13-11-,14-12-,19-17-,22-21-,28-18-,34-32-,43-38-. The molecule has 338 valence electrons. The van der Waals surface area contributed by atoms with Crippen LogP contribution in [0.2, 0.25) is 0 Å². The van der Waals surface area contributed by atoms with Gasteiger partial charge >= 0.3 is 11.9 Å². The second kappa shape index (κ2) is 46.1. The van der Waals surface area contributed by atoms with Crippen molar-refractivity contribution in [1.29, 1.82) is 0 Å². The van der Waals surface area contributed by atoms with E-state index in [9.17, 15) is 19.5 Å². The van der Waals surface area contributed by atoms with Crippen molar-refractivity contribution in [2.45, 2.75) is 199 Å². The molecule has 60 heavy (non-hydrogen) atoms. The lowest BCUT2D eigenvalue weighted by molar-refractivity contribution is -0.147. The summed E-state index contributed by atoms with van der Waals surface area (Å²) < 4.78 is 5.89. The second-order valence-corrected chi connectivity index (χ2v) is 15.4. The normalized spacial score (nSPS) is 13.7. The third kappa shape index (κ3) is 42.2. The molecule has 0 aliphatic rings. The highest BCUT2D eigenvalue weighted by molar-refractivity contribution is 5.83. The van der Waals surface area contributed by atoms with Crippen LogP contribution in [-0.4, -0.2) is 41.6 Å². The maximum absolute atomic E-state index is 12.8. The van der Waals surface area contributed by atoms with Crippen LogP contribution in [0.3, 0.4) is 0 Å². The number of carboxylic acids is 1. The number of hydrogen-bond donors (Lipinski definition) is 3. The van der Waals surface area contributed by atoms with Gasteiger partial charge < -0.3 is 20.9 Å². The van der Waals surface area contributed by atoms with E-state index < -0.39 is 12.0 Å². The Morgan fingerprint density at radius 3 is 1.38 bits per heavy atom. The molecule has 4 N–H and O–H groups in total. The molecule has 0 aromatic rings. The first-order valence-corrected chi connectivity index (χ1v) is 23.7. The summed E-state index contributed by atoms with van der Waals surface area (Å²) in [6.07, 6.45) is 64.3.